The number of aromatic amines is 1. The van der Waals surface area contributed by atoms with Gasteiger partial charge in [-0.2, -0.15) is 0 Å². The maximum atomic E-state index is 12.0. The van der Waals surface area contributed by atoms with Crippen LogP contribution in [0.4, 0.5) is 5.69 Å². The number of benzene rings is 1. The number of carboxylic acids is 1. The Morgan fingerprint density at radius 3 is 2.60 bits per heavy atom. The molecule has 0 aliphatic rings. The maximum absolute atomic E-state index is 12.0. The first kappa shape index (κ1) is 13.6. The normalized spacial score (nSPS) is 11.8. The van der Waals surface area contributed by atoms with Crippen molar-refractivity contribution in [2.45, 2.75) is 12.5 Å². The molecule has 1 aromatic carbocycles. The van der Waals surface area contributed by atoms with E-state index in [2.05, 4.69) is 15.3 Å². The molecule has 1 amide bonds. The molecule has 0 fully saturated rings. The molecule has 20 heavy (non-hydrogen) atoms. The molecule has 0 radical (unpaired) electrons. The molecule has 1 aromatic heterocycles. The fourth-order valence-electron chi connectivity index (χ4n) is 1.69. The molecule has 1 atom stereocenters. The first-order valence-corrected chi connectivity index (χ1v) is 5.92. The molecule has 0 bridgehead atoms. The zero-order chi connectivity index (χ0) is 14.5. The molecule has 1 heterocycles. The molecule has 0 saturated heterocycles. The summed E-state index contributed by atoms with van der Waals surface area (Å²) in [4.78, 5) is 29.7. The highest BCUT2D eigenvalue weighted by Gasteiger charge is 2.21. The Kier molecular flexibility index (Phi) is 3.99. The quantitative estimate of drug-likeness (QED) is 0.589. The lowest BCUT2D eigenvalue weighted by Crippen LogP contribution is -2.42. The number of amides is 1. The second kappa shape index (κ2) is 5.87. The summed E-state index contributed by atoms with van der Waals surface area (Å²) in [6.45, 7) is 0. The number of nitrogens with two attached hydrogens (primary N) is 1. The molecule has 0 aliphatic carbocycles. The summed E-state index contributed by atoms with van der Waals surface area (Å²) >= 11 is 0. The fraction of sp³-hybridized carbons (Fsp3) is 0.154. The number of carbonyl (C=O) groups is 2. The van der Waals surface area contributed by atoms with Crippen molar-refractivity contribution >= 4 is 17.6 Å². The van der Waals surface area contributed by atoms with Crippen LogP contribution in [0.1, 0.15) is 16.1 Å². The van der Waals surface area contributed by atoms with Gasteiger partial charge in [-0.15, -0.1) is 0 Å². The number of H-pyrrole nitrogens is 1. The maximum Gasteiger partial charge on any atom is 0.326 e. The van der Waals surface area contributed by atoms with E-state index in [9.17, 15) is 9.59 Å². The number of aliphatic carboxylic acids is 1. The van der Waals surface area contributed by atoms with E-state index in [1.54, 1.807) is 24.3 Å². The predicted octanol–water partition coefficient (Wildman–Crippen LogP) is 0.418. The summed E-state index contributed by atoms with van der Waals surface area (Å²) in [7, 11) is 0. The fourth-order valence-corrected chi connectivity index (χ4v) is 1.69. The van der Waals surface area contributed by atoms with E-state index in [4.69, 9.17) is 10.8 Å². The minimum Gasteiger partial charge on any atom is -0.480 e. The Hall–Kier alpha value is -2.83. The average molecular weight is 274 g/mol. The van der Waals surface area contributed by atoms with E-state index in [0.29, 0.717) is 16.9 Å². The van der Waals surface area contributed by atoms with Crippen molar-refractivity contribution in [1.82, 2.24) is 15.3 Å². The summed E-state index contributed by atoms with van der Waals surface area (Å²) < 4.78 is 0. The molecule has 7 heteroatoms. The number of nitrogens with zero attached hydrogens (tertiary/aromatic N) is 1. The average Bonchev–Trinajstić information content (AvgIpc) is 2.91. The molecular formula is C13H14N4O3. The number of aromatic nitrogens is 2. The molecule has 104 valence electrons. The van der Waals surface area contributed by atoms with E-state index in [1.165, 1.54) is 12.5 Å². The van der Waals surface area contributed by atoms with E-state index >= 15 is 0 Å². The van der Waals surface area contributed by atoms with Gasteiger partial charge >= 0.3 is 5.97 Å². The van der Waals surface area contributed by atoms with Crippen LogP contribution in [0.15, 0.2) is 36.8 Å². The van der Waals surface area contributed by atoms with Crippen molar-refractivity contribution < 1.29 is 14.7 Å². The third kappa shape index (κ3) is 3.35. The summed E-state index contributed by atoms with van der Waals surface area (Å²) in [5.74, 6) is -1.57. The lowest BCUT2D eigenvalue weighted by atomic mass is 10.1. The molecule has 0 aliphatic heterocycles. The van der Waals surface area contributed by atoms with Crippen LogP contribution >= 0.6 is 0 Å². The van der Waals surface area contributed by atoms with E-state index in [-0.39, 0.29) is 6.42 Å². The topological polar surface area (TPSA) is 121 Å². The predicted molar refractivity (Wildman–Crippen MR) is 72.0 cm³/mol. The minimum atomic E-state index is -1.11. The van der Waals surface area contributed by atoms with Gasteiger partial charge in [0.15, 0.2) is 0 Å². The second-order valence-electron chi connectivity index (χ2n) is 4.27. The van der Waals surface area contributed by atoms with Crippen LogP contribution in [0.3, 0.4) is 0 Å². The largest absolute Gasteiger partial charge is 0.480 e. The number of carboxylic acid groups (broad SMARTS) is 1. The Morgan fingerprint density at radius 2 is 2.05 bits per heavy atom. The Bertz CT molecular complexity index is 593. The van der Waals surface area contributed by atoms with Gasteiger partial charge in [0.2, 0.25) is 0 Å². The van der Waals surface area contributed by atoms with Crippen LogP contribution in [0.2, 0.25) is 0 Å². The van der Waals surface area contributed by atoms with Crippen LogP contribution in [0.25, 0.3) is 0 Å². The van der Waals surface area contributed by atoms with Gasteiger partial charge in [0.05, 0.1) is 6.33 Å². The first-order valence-electron chi connectivity index (χ1n) is 5.92. The smallest absolute Gasteiger partial charge is 0.326 e. The number of carbonyl (C=O) groups excluding carboxylic acids is 1. The van der Waals surface area contributed by atoms with Gasteiger partial charge in [-0.05, 0) is 24.3 Å². The summed E-state index contributed by atoms with van der Waals surface area (Å²) in [6, 6.07) is 5.22. The van der Waals surface area contributed by atoms with Crippen LogP contribution in [0, 0.1) is 0 Å². The zero-order valence-corrected chi connectivity index (χ0v) is 10.5. The highest BCUT2D eigenvalue weighted by Crippen LogP contribution is 2.06. The number of nitrogens with one attached hydrogen (secondary N) is 2. The molecular weight excluding hydrogens is 260 g/mol. The number of rotatable bonds is 5. The van der Waals surface area contributed by atoms with Crippen LogP contribution in [-0.4, -0.2) is 33.0 Å². The molecule has 2 rings (SSSR count). The van der Waals surface area contributed by atoms with Crippen molar-refractivity contribution in [3.63, 3.8) is 0 Å². The van der Waals surface area contributed by atoms with E-state index < -0.39 is 17.9 Å². The highest BCUT2D eigenvalue weighted by atomic mass is 16.4. The van der Waals surface area contributed by atoms with Crippen LogP contribution < -0.4 is 11.1 Å². The van der Waals surface area contributed by atoms with Gasteiger partial charge < -0.3 is 21.1 Å². The summed E-state index contributed by atoms with van der Waals surface area (Å²) in [5, 5.41) is 11.6. The molecule has 0 unspecified atom stereocenters. The lowest BCUT2D eigenvalue weighted by Gasteiger charge is -2.13. The molecule has 0 saturated carbocycles. The Morgan fingerprint density at radius 1 is 1.35 bits per heavy atom. The number of nitrogen functional groups attached to an aromatic ring is 1. The molecule has 5 N–H and O–H groups in total. The van der Waals surface area contributed by atoms with Gasteiger partial charge in [-0.25, -0.2) is 9.78 Å². The number of hydrogen-bond donors (Lipinski definition) is 4. The molecule has 0 spiro atoms. The van der Waals surface area contributed by atoms with E-state index in [1.807, 2.05) is 0 Å². The number of anilines is 1. The Labute approximate surface area is 114 Å². The van der Waals surface area contributed by atoms with Gasteiger partial charge in [-0.3, -0.25) is 4.79 Å². The third-order valence-electron chi connectivity index (χ3n) is 2.76. The van der Waals surface area contributed by atoms with Crippen molar-refractivity contribution in [3.05, 3.63) is 48.0 Å². The van der Waals surface area contributed by atoms with Gasteiger partial charge in [0, 0.05) is 29.6 Å². The van der Waals surface area contributed by atoms with Crippen LogP contribution in [-0.2, 0) is 11.2 Å². The molecule has 7 nitrogen and oxygen atoms in total. The van der Waals surface area contributed by atoms with Gasteiger partial charge in [-0.1, -0.05) is 0 Å². The van der Waals surface area contributed by atoms with Crippen molar-refractivity contribution in [2.75, 3.05) is 5.73 Å². The van der Waals surface area contributed by atoms with Gasteiger partial charge in [0.1, 0.15) is 6.04 Å². The SMILES string of the molecule is Nc1ccc(C(=O)N[C@@H](Cc2cnc[nH]2)C(=O)O)cc1. The monoisotopic (exact) mass is 274 g/mol. The minimum absolute atomic E-state index is 0.135. The first-order chi connectivity index (χ1) is 9.56. The van der Waals surface area contributed by atoms with Crippen molar-refractivity contribution in [3.8, 4) is 0 Å². The third-order valence-corrected chi connectivity index (χ3v) is 2.76. The standard InChI is InChI=1S/C13H14N4O3/c14-9-3-1-8(2-4-9)12(18)17-11(13(19)20)5-10-6-15-7-16-10/h1-4,6-7,11H,5,14H2,(H,15,16)(H,17,18)(H,19,20)/t11-/m0/s1. The highest BCUT2D eigenvalue weighted by molar-refractivity contribution is 5.96. The zero-order valence-electron chi connectivity index (χ0n) is 10.5. The summed E-state index contributed by atoms with van der Waals surface area (Å²) in [6.07, 6.45) is 3.11. The molecule has 2 aromatic rings. The number of imidazole rings is 1. The van der Waals surface area contributed by atoms with Crippen LogP contribution in [0.5, 0.6) is 0 Å². The Balaban J connectivity index is 2.06. The van der Waals surface area contributed by atoms with Gasteiger partial charge in [0.25, 0.3) is 5.91 Å². The van der Waals surface area contributed by atoms with Crippen molar-refractivity contribution in [2.24, 2.45) is 0 Å². The van der Waals surface area contributed by atoms with E-state index in [0.717, 1.165) is 0 Å². The second-order valence-corrected chi connectivity index (χ2v) is 4.27. The van der Waals surface area contributed by atoms with Crippen molar-refractivity contribution in [1.29, 1.82) is 0 Å². The number of hydrogen-bond acceptors (Lipinski definition) is 4. The lowest BCUT2D eigenvalue weighted by molar-refractivity contribution is -0.139. The summed E-state index contributed by atoms with van der Waals surface area (Å²) in [5.41, 5.74) is 7.06.